The van der Waals surface area contributed by atoms with Gasteiger partial charge in [0.25, 0.3) is 0 Å². The molecule has 1 atom stereocenters. The lowest BCUT2D eigenvalue weighted by atomic mass is 9.85. The van der Waals surface area contributed by atoms with Gasteiger partial charge in [0.15, 0.2) is 0 Å². The highest BCUT2D eigenvalue weighted by Gasteiger charge is 2.30. The second-order valence-electron chi connectivity index (χ2n) is 4.57. The topological polar surface area (TPSA) is 86.1 Å². The van der Waals surface area contributed by atoms with Crippen LogP contribution in [0.25, 0.3) is 10.4 Å². The Morgan fingerprint density at radius 3 is 1.73 bits per heavy atom. The van der Waals surface area contributed by atoms with E-state index in [9.17, 15) is 18.7 Å². The lowest BCUT2D eigenvalue weighted by molar-refractivity contribution is -0.138. The highest BCUT2D eigenvalue weighted by atomic mass is 19.1. The van der Waals surface area contributed by atoms with Gasteiger partial charge in [0.2, 0.25) is 0 Å². The third-order valence-electron chi connectivity index (χ3n) is 3.20. The van der Waals surface area contributed by atoms with Crippen LogP contribution in [0.4, 0.5) is 8.78 Å². The number of benzene rings is 2. The molecule has 0 unspecified atom stereocenters. The summed E-state index contributed by atoms with van der Waals surface area (Å²) in [6.07, 6.45) is 0. The number of azide groups is 1. The van der Waals surface area contributed by atoms with Crippen LogP contribution in [0.2, 0.25) is 0 Å². The molecule has 0 aliphatic rings. The number of halogens is 2. The van der Waals surface area contributed by atoms with Gasteiger partial charge in [0, 0.05) is 10.8 Å². The summed E-state index contributed by atoms with van der Waals surface area (Å²) in [5.41, 5.74) is 9.49. The summed E-state index contributed by atoms with van der Waals surface area (Å²) in [7, 11) is 0. The first-order chi connectivity index (χ1) is 10.5. The van der Waals surface area contributed by atoms with Gasteiger partial charge in [-0.1, -0.05) is 29.4 Å². The molecule has 0 fully saturated rings. The molecule has 5 nitrogen and oxygen atoms in total. The molecule has 1 N–H and O–H groups in total. The Labute approximate surface area is 124 Å². The first-order valence-electron chi connectivity index (χ1n) is 6.31. The number of rotatable bonds is 5. The van der Waals surface area contributed by atoms with Gasteiger partial charge in [-0.15, -0.1) is 0 Å². The van der Waals surface area contributed by atoms with Crippen LogP contribution in [-0.4, -0.2) is 17.1 Å². The summed E-state index contributed by atoms with van der Waals surface area (Å²) in [5.74, 6) is -3.12. The van der Waals surface area contributed by atoms with Crippen molar-refractivity contribution in [2.24, 2.45) is 5.11 Å². The second kappa shape index (κ2) is 6.69. The molecule has 0 aliphatic heterocycles. The van der Waals surface area contributed by atoms with Crippen molar-refractivity contribution in [2.75, 3.05) is 0 Å². The van der Waals surface area contributed by atoms with Gasteiger partial charge in [-0.3, -0.25) is 4.79 Å². The van der Waals surface area contributed by atoms with E-state index in [0.29, 0.717) is 11.1 Å². The molecule has 0 heterocycles. The maximum absolute atomic E-state index is 13.1. The number of nitrogens with zero attached hydrogens (tertiary/aromatic N) is 3. The molecule has 0 radical (unpaired) electrons. The van der Waals surface area contributed by atoms with Crippen LogP contribution in [0.1, 0.15) is 17.0 Å². The van der Waals surface area contributed by atoms with E-state index < -0.39 is 29.6 Å². The van der Waals surface area contributed by atoms with E-state index in [4.69, 9.17) is 5.53 Å². The van der Waals surface area contributed by atoms with E-state index in [1.807, 2.05) is 0 Å². The first kappa shape index (κ1) is 15.5. The molecule has 2 aromatic rings. The number of hydrogen-bond acceptors (Lipinski definition) is 2. The Morgan fingerprint density at radius 1 is 1.00 bits per heavy atom. The van der Waals surface area contributed by atoms with E-state index in [1.54, 1.807) is 0 Å². The molecule has 0 saturated heterocycles. The smallest absolute Gasteiger partial charge is 0.313 e. The number of carboxylic acids is 1. The van der Waals surface area contributed by atoms with Crippen LogP contribution in [-0.2, 0) is 4.79 Å². The summed E-state index contributed by atoms with van der Waals surface area (Å²) in [6, 6.07) is 8.93. The Kier molecular flexibility index (Phi) is 4.70. The van der Waals surface area contributed by atoms with Gasteiger partial charge in [-0.2, -0.15) is 0 Å². The molecule has 0 saturated carbocycles. The number of carbonyl (C=O) groups is 1. The van der Waals surface area contributed by atoms with Crippen molar-refractivity contribution in [2.45, 2.75) is 12.0 Å². The molecule has 0 bridgehead atoms. The predicted molar refractivity (Wildman–Crippen MR) is 75.2 cm³/mol. The summed E-state index contributed by atoms with van der Waals surface area (Å²) < 4.78 is 26.1. The zero-order valence-electron chi connectivity index (χ0n) is 11.2. The zero-order chi connectivity index (χ0) is 16.1. The normalized spacial score (nSPS) is 11.8. The summed E-state index contributed by atoms with van der Waals surface area (Å²) in [4.78, 5) is 14.0. The van der Waals surface area contributed by atoms with E-state index in [2.05, 4.69) is 10.0 Å². The second-order valence-corrected chi connectivity index (χ2v) is 4.57. The van der Waals surface area contributed by atoms with Crippen molar-refractivity contribution in [3.05, 3.63) is 81.7 Å². The van der Waals surface area contributed by atoms with Crippen molar-refractivity contribution in [1.82, 2.24) is 0 Å². The summed E-state index contributed by atoms with van der Waals surface area (Å²) in [5, 5.41) is 12.6. The van der Waals surface area contributed by atoms with Gasteiger partial charge >= 0.3 is 5.97 Å². The maximum Gasteiger partial charge on any atom is 0.313 e. The molecule has 0 aromatic heterocycles. The number of carboxylic acid groups (broad SMARTS) is 1. The third-order valence-corrected chi connectivity index (χ3v) is 3.20. The van der Waals surface area contributed by atoms with Gasteiger partial charge in [0.05, 0.1) is 0 Å². The molecular weight excluding hydrogens is 292 g/mol. The van der Waals surface area contributed by atoms with Crippen molar-refractivity contribution in [3.8, 4) is 0 Å². The van der Waals surface area contributed by atoms with Crippen molar-refractivity contribution >= 4 is 5.97 Å². The Morgan fingerprint density at radius 2 is 1.41 bits per heavy atom. The standard InChI is InChI=1S/C15H11F2N3O2/c16-11-5-1-9(2-6-11)13(14(15(21)22)19-20-18)10-3-7-12(17)8-4-10/h1-8,13-14H,(H,21,22)/t14-/m0/s1. The fourth-order valence-electron chi connectivity index (χ4n) is 2.21. The molecular formula is C15H11F2N3O2. The van der Waals surface area contributed by atoms with E-state index in [1.165, 1.54) is 48.5 Å². The van der Waals surface area contributed by atoms with Gasteiger partial charge < -0.3 is 5.11 Å². The van der Waals surface area contributed by atoms with E-state index >= 15 is 0 Å². The monoisotopic (exact) mass is 303 g/mol. The maximum atomic E-state index is 13.1. The molecule has 2 aromatic carbocycles. The summed E-state index contributed by atoms with van der Waals surface area (Å²) in [6.45, 7) is 0. The molecule has 0 amide bonds. The Balaban J connectivity index is 2.57. The third kappa shape index (κ3) is 3.39. The minimum atomic E-state index is -1.43. The fraction of sp³-hybridized carbons (Fsp3) is 0.133. The lowest BCUT2D eigenvalue weighted by Crippen LogP contribution is -2.26. The molecule has 0 spiro atoms. The molecule has 112 valence electrons. The minimum absolute atomic E-state index is 0.452. The Bertz CT molecular complexity index is 663. The predicted octanol–water partition coefficient (Wildman–Crippen LogP) is 3.86. The summed E-state index contributed by atoms with van der Waals surface area (Å²) >= 11 is 0. The fourth-order valence-corrected chi connectivity index (χ4v) is 2.21. The average molecular weight is 303 g/mol. The van der Waals surface area contributed by atoms with Crippen molar-refractivity contribution < 1.29 is 18.7 Å². The first-order valence-corrected chi connectivity index (χ1v) is 6.31. The highest BCUT2D eigenvalue weighted by Crippen LogP contribution is 2.30. The largest absolute Gasteiger partial charge is 0.481 e. The van der Waals surface area contributed by atoms with Crippen LogP contribution in [0.3, 0.4) is 0 Å². The van der Waals surface area contributed by atoms with E-state index in [-0.39, 0.29) is 0 Å². The van der Waals surface area contributed by atoms with Gasteiger partial charge in [-0.25, -0.2) is 8.78 Å². The van der Waals surface area contributed by atoms with Crippen LogP contribution < -0.4 is 0 Å². The van der Waals surface area contributed by atoms with Crippen LogP contribution >= 0.6 is 0 Å². The quantitative estimate of drug-likeness (QED) is 0.516. The number of aliphatic carboxylic acids is 1. The van der Waals surface area contributed by atoms with Crippen LogP contribution in [0.15, 0.2) is 53.6 Å². The van der Waals surface area contributed by atoms with Crippen LogP contribution in [0, 0.1) is 11.6 Å². The molecule has 2 rings (SSSR count). The minimum Gasteiger partial charge on any atom is -0.481 e. The molecule has 22 heavy (non-hydrogen) atoms. The lowest BCUT2D eigenvalue weighted by Gasteiger charge is -2.21. The highest BCUT2D eigenvalue weighted by molar-refractivity contribution is 5.76. The van der Waals surface area contributed by atoms with Gasteiger partial charge in [0.1, 0.15) is 17.7 Å². The SMILES string of the molecule is [N-]=[N+]=N[C@H](C(=O)O)C(c1ccc(F)cc1)c1ccc(F)cc1. The van der Waals surface area contributed by atoms with E-state index in [0.717, 1.165) is 0 Å². The molecule has 7 heteroatoms. The Hall–Kier alpha value is -2.92. The van der Waals surface area contributed by atoms with Crippen molar-refractivity contribution in [3.63, 3.8) is 0 Å². The van der Waals surface area contributed by atoms with Gasteiger partial charge in [-0.05, 0) is 40.9 Å². The number of hydrogen-bond donors (Lipinski definition) is 1. The molecule has 0 aliphatic carbocycles. The van der Waals surface area contributed by atoms with Crippen molar-refractivity contribution in [1.29, 1.82) is 0 Å². The zero-order valence-corrected chi connectivity index (χ0v) is 11.2. The average Bonchev–Trinajstić information content (AvgIpc) is 2.50. The van der Waals surface area contributed by atoms with Crippen LogP contribution in [0.5, 0.6) is 0 Å².